The van der Waals surface area contributed by atoms with Crippen molar-refractivity contribution in [1.29, 1.82) is 0 Å². The van der Waals surface area contributed by atoms with Crippen LogP contribution in [0.2, 0.25) is 0 Å². The van der Waals surface area contributed by atoms with E-state index in [9.17, 15) is 4.79 Å². The van der Waals surface area contributed by atoms with Gasteiger partial charge in [-0.05, 0) is 44.4 Å². The third-order valence-corrected chi connectivity index (χ3v) is 4.79. The normalized spacial score (nSPS) is 14.2. The molecule has 1 aliphatic rings. The minimum Gasteiger partial charge on any atom is -0.493 e. The number of esters is 1. The van der Waals surface area contributed by atoms with Crippen LogP contribution in [0, 0.1) is 13.8 Å². The molecule has 1 atom stereocenters. The molecule has 0 fully saturated rings. The van der Waals surface area contributed by atoms with Crippen LogP contribution in [0.1, 0.15) is 40.9 Å². The SMILES string of the molecule is COC(=O)C(C)c1c(C)nn(CCc2ccc3c(c2)CCO3)c1C. The van der Waals surface area contributed by atoms with Crippen LogP contribution in [0.15, 0.2) is 18.2 Å². The van der Waals surface area contributed by atoms with E-state index in [-0.39, 0.29) is 11.9 Å². The first-order valence-corrected chi connectivity index (χ1v) is 8.37. The molecule has 5 nitrogen and oxygen atoms in total. The fourth-order valence-corrected chi connectivity index (χ4v) is 3.48. The van der Waals surface area contributed by atoms with Gasteiger partial charge in [0.25, 0.3) is 0 Å². The predicted octanol–water partition coefficient (Wildman–Crippen LogP) is 2.95. The molecule has 128 valence electrons. The summed E-state index contributed by atoms with van der Waals surface area (Å²) >= 11 is 0. The third-order valence-electron chi connectivity index (χ3n) is 4.79. The Kier molecular flexibility index (Phi) is 4.60. The Morgan fingerprint density at radius 1 is 1.42 bits per heavy atom. The second kappa shape index (κ2) is 6.67. The van der Waals surface area contributed by atoms with Crippen LogP contribution in [0.5, 0.6) is 5.75 Å². The summed E-state index contributed by atoms with van der Waals surface area (Å²) < 4.78 is 12.4. The van der Waals surface area contributed by atoms with Gasteiger partial charge in [-0.15, -0.1) is 0 Å². The van der Waals surface area contributed by atoms with E-state index in [4.69, 9.17) is 9.47 Å². The van der Waals surface area contributed by atoms with Gasteiger partial charge in [0, 0.05) is 24.2 Å². The van der Waals surface area contributed by atoms with Gasteiger partial charge in [0.15, 0.2) is 0 Å². The first-order valence-electron chi connectivity index (χ1n) is 8.37. The van der Waals surface area contributed by atoms with E-state index in [0.717, 1.165) is 48.7 Å². The minimum absolute atomic E-state index is 0.223. The van der Waals surface area contributed by atoms with E-state index in [2.05, 4.69) is 23.3 Å². The van der Waals surface area contributed by atoms with Crippen molar-refractivity contribution in [3.63, 3.8) is 0 Å². The smallest absolute Gasteiger partial charge is 0.312 e. The van der Waals surface area contributed by atoms with Crippen molar-refractivity contribution in [1.82, 2.24) is 9.78 Å². The van der Waals surface area contributed by atoms with Crippen LogP contribution in [0.3, 0.4) is 0 Å². The number of fused-ring (bicyclic) bond motifs is 1. The lowest BCUT2D eigenvalue weighted by atomic mass is 9.99. The zero-order valence-electron chi connectivity index (χ0n) is 14.8. The van der Waals surface area contributed by atoms with E-state index in [0.29, 0.717) is 0 Å². The van der Waals surface area contributed by atoms with Crippen molar-refractivity contribution < 1.29 is 14.3 Å². The average Bonchev–Trinajstić information content (AvgIpc) is 3.15. The van der Waals surface area contributed by atoms with Crippen molar-refractivity contribution in [2.75, 3.05) is 13.7 Å². The van der Waals surface area contributed by atoms with Gasteiger partial charge >= 0.3 is 5.97 Å². The number of hydrogen-bond acceptors (Lipinski definition) is 4. The third kappa shape index (κ3) is 3.03. The summed E-state index contributed by atoms with van der Waals surface area (Å²) in [7, 11) is 1.42. The molecule has 24 heavy (non-hydrogen) atoms. The van der Waals surface area contributed by atoms with E-state index < -0.39 is 0 Å². The van der Waals surface area contributed by atoms with Gasteiger partial charge < -0.3 is 9.47 Å². The van der Waals surface area contributed by atoms with Gasteiger partial charge in [0.05, 0.1) is 25.3 Å². The molecule has 1 aromatic carbocycles. The summed E-state index contributed by atoms with van der Waals surface area (Å²) in [5, 5.41) is 4.62. The molecule has 0 bridgehead atoms. The minimum atomic E-state index is -0.291. The van der Waals surface area contributed by atoms with E-state index in [1.165, 1.54) is 18.2 Å². The molecule has 0 saturated heterocycles. The molecular weight excluding hydrogens is 304 g/mol. The zero-order chi connectivity index (χ0) is 17.3. The van der Waals surface area contributed by atoms with Crippen LogP contribution >= 0.6 is 0 Å². The average molecular weight is 328 g/mol. The molecule has 1 unspecified atom stereocenters. The Hall–Kier alpha value is -2.30. The summed E-state index contributed by atoms with van der Waals surface area (Å²) in [6, 6.07) is 6.41. The maximum absolute atomic E-state index is 11.8. The molecule has 0 amide bonds. The Morgan fingerprint density at radius 2 is 2.21 bits per heavy atom. The van der Waals surface area contributed by atoms with Crippen LogP contribution in [-0.4, -0.2) is 29.5 Å². The highest BCUT2D eigenvalue weighted by Crippen LogP contribution is 2.27. The highest BCUT2D eigenvalue weighted by molar-refractivity contribution is 5.78. The summed E-state index contributed by atoms with van der Waals surface area (Å²) in [6.07, 6.45) is 1.89. The van der Waals surface area contributed by atoms with Crippen molar-refractivity contribution in [3.8, 4) is 5.75 Å². The maximum Gasteiger partial charge on any atom is 0.312 e. The van der Waals surface area contributed by atoms with Gasteiger partial charge in [-0.25, -0.2) is 0 Å². The molecule has 3 rings (SSSR count). The molecule has 1 aliphatic heterocycles. The Balaban J connectivity index is 1.75. The number of carbonyl (C=O) groups is 1. The summed E-state index contributed by atoms with van der Waals surface area (Å²) in [6.45, 7) is 7.41. The zero-order valence-corrected chi connectivity index (χ0v) is 14.8. The second-order valence-corrected chi connectivity index (χ2v) is 6.34. The lowest BCUT2D eigenvalue weighted by molar-refractivity contribution is -0.142. The topological polar surface area (TPSA) is 53.3 Å². The molecule has 1 aromatic heterocycles. The van der Waals surface area contributed by atoms with Crippen molar-refractivity contribution in [3.05, 3.63) is 46.3 Å². The molecule has 2 heterocycles. The van der Waals surface area contributed by atoms with Crippen LogP contribution < -0.4 is 4.74 Å². The fourth-order valence-electron chi connectivity index (χ4n) is 3.48. The number of aromatic nitrogens is 2. The van der Waals surface area contributed by atoms with E-state index in [1.54, 1.807) is 0 Å². The fraction of sp³-hybridized carbons (Fsp3) is 0.474. The lowest BCUT2D eigenvalue weighted by Gasteiger charge is -2.11. The molecule has 0 N–H and O–H groups in total. The lowest BCUT2D eigenvalue weighted by Crippen LogP contribution is -2.13. The second-order valence-electron chi connectivity index (χ2n) is 6.34. The van der Waals surface area contributed by atoms with Crippen LogP contribution in [-0.2, 0) is 28.9 Å². The monoisotopic (exact) mass is 328 g/mol. The summed E-state index contributed by atoms with van der Waals surface area (Å²) in [4.78, 5) is 11.8. The number of aryl methyl sites for hydroxylation is 3. The Bertz CT molecular complexity index is 764. The summed E-state index contributed by atoms with van der Waals surface area (Å²) in [5.41, 5.74) is 5.49. The highest BCUT2D eigenvalue weighted by Gasteiger charge is 2.23. The quantitative estimate of drug-likeness (QED) is 0.792. The first kappa shape index (κ1) is 16.6. The van der Waals surface area contributed by atoms with Crippen molar-refractivity contribution in [2.24, 2.45) is 0 Å². The van der Waals surface area contributed by atoms with E-state index in [1.807, 2.05) is 25.5 Å². The Labute approximate surface area is 142 Å². The standard InChI is InChI=1S/C19H24N2O3/c1-12(19(22)23-4)18-13(2)20-21(14(18)3)9-7-15-5-6-17-16(11-15)8-10-24-17/h5-6,11-12H,7-10H2,1-4H3. The van der Waals surface area contributed by atoms with Gasteiger partial charge in [0.1, 0.15) is 5.75 Å². The molecule has 2 aromatic rings. The van der Waals surface area contributed by atoms with Crippen LogP contribution in [0.25, 0.3) is 0 Å². The predicted molar refractivity (Wildman–Crippen MR) is 91.5 cm³/mol. The van der Waals surface area contributed by atoms with Crippen molar-refractivity contribution >= 4 is 5.97 Å². The largest absolute Gasteiger partial charge is 0.493 e. The van der Waals surface area contributed by atoms with Gasteiger partial charge in [-0.2, -0.15) is 5.10 Å². The number of hydrogen-bond donors (Lipinski definition) is 0. The molecule has 0 saturated carbocycles. The maximum atomic E-state index is 11.8. The van der Waals surface area contributed by atoms with Gasteiger partial charge in [-0.1, -0.05) is 12.1 Å². The highest BCUT2D eigenvalue weighted by atomic mass is 16.5. The van der Waals surface area contributed by atoms with Gasteiger partial charge in [0.2, 0.25) is 0 Å². The van der Waals surface area contributed by atoms with Crippen LogP contribution in [0.4, 0.5) is 0 Å². The number of benzene rings is 1. The first-order chi connectivity index (χ1) is 11.5. The number of carbonyl (C=O) groups excluding carboxylic acids is 1. The number of ether oxygens (including phenoxy) is 2. The van der Waals surface area contributed by atoms with E-state index >= 15 is 0 Å². The molecular formula is C19H24N2O3. The molecule has 0 spiro atoms. The number of methoxy groups -OCH3 is 1. The summed E-state index contributed by atoms with van der Waals surface area (Å²) in [5.74, 6) is 0.499. The Morgan fingerprint density at radius 3 is 2.96 bits per heavy atom. The number of nitrogens with zero attached hydrogens (tertiary/aromatic N) is 2. The number of rotatable bonds is 5. The van der Waals surface area contributed by atoms with Gasteiger partial charge in [-0.3, -0.25) is 9.48 Å². The molecule has 0 aliphatic carbocycles. The molecule has 5 heteroatoms. The molecule has 0 radical (unpaired) electrons. The van der Waals surface area contributed by atoms with Crippen molar-refractivity contribution in [2.45, 2.75) is 46.1 Å².